The van der Waals surface area contributed by atoms with E-state index >= 15 is 0 Å². The van der Waals surface area contributed by atoms with Crippen LogP contribution in [0.3, 0.4) is 0 Å². The third-order valence-electron chi connectivity index (χ3n) is 3.89. The molecule has 0 saturated carbocycles. The minimum Gasteiger partial charge on any atom is -0.444 e. The van der Waals surface area contributed by atoms with Gasteiger partial charge in [-0.25, -0.2) is 4.79 Å². The van der Waals surface area contributed by atoms with E-state index in [1.54, 1.807) is 17.8 Å². The Morgan fingerprint density at radius 1 is 1.00 bits per heavy atom. The van der Waals surface area contributed by atoms with Crippen molar-refractivity contribution in [3.8, 4) is 0 Å². The summed E-state index contributed by atoms with van der Waals surface area (Å²) in [7, 11) is 0. The topological polar surface area (TPSA) is 84.5 Å². The number of hydrogen-bond acceptors (Lipinski definition) is 5. The molecule has 30 heavy (non-hydrogen) atoms. The summed E-state index contributed by atoms with van der Waals surface area (Å²) in [6.45, 7) is 7.28. The molecule has 0 spiro atoms. The lowest BCUT2D eigenvalue weighted by Crippen LogP contribution is -2.27. The summed E-state index contributed by atoms with van der Waals surface area (Å²) in [6.07, 6.45) is -0.167. The smallest absolute Gasteiger partial charge is 0.412 e. The number of Topliss-reactive ketones (excluding diaryl/α,β-unsaturated/α-hetero) is 1. The molecule has 2 rings (SSSR count). The van der Waals surface area contributed by atoms with Crippen LogP contribution in [-0.2, 0) is 15.3 Å². The van der Waals surface area contributed by atoms with Gasteiger partial charge in [-0.3, -0.25) is 14.9 Å². The van der Waals surface area contributed by atoms with E-state index in [4.69, 9.17) is 4.74 Å². The number of rotatable bonds is 8. The lowest BCUT2D eigenvalue weighted by Gasteiger charge is -2.19. The van der Waals surface area contributed by atoms with Gasteiger partial charge in [0.25, 0.3) is 5.91 Å². The van der Waals surface area contributed by atoms with Crippen LogP contribution >= 0.6 is 11.8 Å². The Hall–Kier alpha value is -2.80. The van der Waals surface area contributed by atoms with Crippen LogP contribution in [0.25, 0.3) is 0 Å². The molecule has 0 bridgehead atoms. The predicted octanol–water partition coefficient (Wildman–Crippen LogP) is 5.03. The molecule has 0 aromatic heterocycles. The second-order valence-electron chi connectivity index (χ2n) is 7.82. The van der Waals surface area contributed by atoms with Crippen molar-refractivity contribution in [1.29, 1.82) is 0 Å². The van der Waals surface area contributed by atoms with Crippen molar-refractivity contribution >= 4 is 35.2 Å². The molecular weight excluding hydrogens is 400 g/mol. The normalized spacial score (nSPS) is 10.9. The number of carbonyl (C=O) groups is 3. The highest BCUT2D eigenvalue weighted by Gasteiger charge is 2.16. The first kappa shape index (κ1) is 23.5. The molecule has 0 unspecified atom stereocenters. The molecule has 2 N–H and O–H groups in total. The molecule has 0 aliphatic heterocycles. The summed E-state index contributed by atoms with van der Waals surface area (Å²) in [4.78, 5) is 36.2. The Labute approximate surface area is 181 Å². The fourth-order valence-corrected chi connectivity index (χ4v) is 3.50. The zero-order valence-electron chi connectivity index (χ0n) is 17.8. The largest absolute Gasteiger partial charge is 0.444 e. The first-order valence-corrected chi connectivity index (χ1v) is 10.7. The number of hydrogen-bond donors (Lipinski definition) is 2. The minimum atomic E-state index is -0.549. The summed E-state index contributed by atoms with van der Waals surface area (Å²) in [5.74, 6) is 0.531. The van der Waals surface area contributed by atoms with Gasteiger partial charge < -0.3 is 10.1 Å². The standard InChI is InChI=1S/C23H28N2O4S/c1-16(26)13-14-24-21(27)19-7-5-6-8-20(19)30-15-17-9-11-18(12-10-17)25-22(28)29-23(2,3)4/h5-12H,13-15H2,1-4H3,(H,24,27)(H,25,28). The quantitative estimate of drug-likeness (QED) is 0.576. The average molecular weight is 429 g/mol. The third-order valence-corrected chi connectivity index (χ3v) is 5.03. The molecule has 160 valence electrons. The summed E-state index contributed by atoms with van der Waals surface area (Å²) < 4.78 is 5.24. The molecule has 0 radical (unpaired) electrons. The molecule has 2 aromatic rings. The van der Waals surface area contributed by atoms with Crippen LogP contribution in [0.1, 0.15) is 50.0 Å². The van der Waals surface area contributed by atoms with Crippen LogP contribution in [0, 0.1) is 0 Å². The number of amides is 2. The number of benzene rings is 2. The Balaban J connectivity index is 1.93. The summed E-state index contributed by atoms with van der Waals surface area (Å²) in [5, 5.41) is 5.49. The van der Waals surface area contributed by atoms with Gasteiger partial charge in [-0.1, -0.05) is 24.3 Å². The van der Waals surface area contributed by atoms with Crippen LogP contribution in [0.5, 0.6) is 0 Å². The van der Waals surface area contributed by atoms with Gasteiger partial charge in [0.15, 0.2) is 0 Å². The van der Waals surface area contributed by atoms with Crippen LogP contribution < -0.4 is 10.6 Å². The SMILES string of the molecule is CC(=O)CCNC(=O)c1ccccc1SCc1ccc(NC(=O)OC(C)(C)C)cc1. The van der Waals surface area contributed by atoms with Crippen molar-refractivity contribution < 1.29 is 19.1 Å². The first-order valence-electron chi connectivity index (χ1n) is 9.72. The van der Waals surface area contributed by atoms with Crippen molar-refractivity contribution in [2.24, 2.45) is 0 Å². The van der Waals surface area contributed by atoms with Gasteiger partial charge in [-0.2, -0.15) is 0 Å². The molecule has 0 aliphatic carbocycles. The maximum absolute atomic E-state index is 12.4. The second kappa shape index (κ2) is 10.8. The fraction of sp³-hybridized carbons (Fsp3) is 0.348. The zero-order chi connectivity index (χ0) is 22.1. The van der Waals surface area contributed by atoms with Crippen LogP contribution in [0.15, 0.2) is 53.4 Å². The lowest BCUT2D eigenvalue weighted by atomic mass is 10.2. The minimum absolute atomic E-state index is 0.0440. The molecule has 0 heterocycles. The fourth-order valence-electron chi connectivity index (χ4n) is 2.49. The molecule has 0 atom stereocenters. The van der Waals surface area contributed by atoms with E-state index in [-0.39, 0.29) is 11.7 Å². The molecule has 0 saturated heterocycles. The highest BCUT2D eigenvalue weighted by molar-refractivity contribution is 7.98. The monoisotopic (exact) mass is 428 g/mol. The highest BCUT2D eigenvalue weighted by atomic mass is 32.2. The number of ether oxygens (including phenoxy) is 1. The van der Waals surface area contributed by atoms with E-state index in [2.05, 4.69) is 10.6 Å². The molecule has 0 fully saturated rings. The maximum Gasteiger partial charge on any atom is 0.412 e. The number of thioether (sulfide) groups is 1. The number of nitrogens with one attached hydrogen (secondary N) is 2. The van der Waals surface area contributed by atoms with E-state index in [1.807, 2.05) is 63.2 Å². The third kappa shape index (κ3) is 8.29. The van der Waals surface area contributed by atoms with E-state index in [0.717, 1.165) is 10.5 Å². The average Bonchev–Trinajstić information content (AvgIpc) is 2.66. The molecule has 7 heteroatoms. The van der Waals surface area contributed by atoms with E-state index in [9.17, 15) is 14.4 Å². The number of carbonyl (C=O) groups excluding carboxylic acids is 3. The van der Waals surface area contributed by atoms with Crippen LogP contribution in [0.4, 0.5) is 10.5 Å². The molecule has 2 amide bonds. The van der Waals surface area contributed by atoms with Crippen molar-refractivity contribution in [1.82, 2.24) is 5.32 Å². The van der Waals surface area contributed by atoms with Crippen molar-refractivity contribution in [3.05, 3.63) is 59.7 Å². The van der Waals surface area contributed by atoms with Gasteiger partial charge in [0, 0.05) is 29.3 Å². The first-order chi connectivity index (χ1) is 14.1. The summed E-state index contributed by atoms with van der Waals surface area (Å²) >= 11 is 1.56. The van der Waals surface area contributed by atoms with Crippen LogP contribution in [-0.4, -0.2) is 29.9 Å². The van der Waals surface area contributed by atoms with E-state index < -0.39 is 11.7 Å². The Bertz CT molecular complexity index is 889. The predicted molar refractivity (Wildman–Crippen MR) is 120 cm³/mol. The summed E-state index contributed by atoms with van der Waals surface area (Å²) in [5.41, 5.74) is 1.76. The van der Waals surface area contributed by atoms with Crippen LogP contribution in [0.2, 0.25) is 0 Å². The van der Waals surface area contributed by atoms with Crippen molar-refractivity contribution in [2.75, 3.05) is 11.9 Å². The van der Waals surface area contributed by atoms with Crippen molar-refractivity contribution in [3.63, 3.8) is 0 Å². The zero-order valence-corrected chi connectivity index (χ0v) is 18.6. The van der Waals surface area contributed by atoms with Gasteiger partial charge in [0.1, 0.15) is 11.4 Å². The maximum atomic E-state index is 12.4. The second-order valence-corrected chi connectivity index (χ2v) is 8.83. The van der Waals surface area contributed by atoms with Gasteiger partial charge in [-0.05, 0) is 57.5 Å². The lowest BCUT2D eigenvalue weighted by molar-refractivity contribution is -0.116. The van der Waals surface area contributed by atoms with Gasteiger partial charge in [0.05, 0.1) is 5.56 Å². The highest BCUT2D eigenvalue weighted by Crippen LogP contribution is 2.27. The van der Waals surface area contributed by atoms with Crippen molar-refractivity contribution in [2.45, 2.75) is 50.4 Å². The number of ketones is 1. The van der Waals surface area contributed by atoms with E-state index in [1.165, 1.54) is 6.92 Å². The molecular formula is C23H28N2O4S. The van der Waals surface area contributed by atoms with Gasteiger partial charge in [0.2, 0.25) is 0 Å². The van der Waals surface area contributed by atoms with E-state index in [0.29, 0.717) is 30.0 Å². The number of anilines is 1. The Morgan fingerprint density at radius 3 is 2.30 bits per heavy atom. The van der Waals surface area contributed by atoms with Gasteiger partial charge >= 0.3 is 6.09 Å². The molecule has 2 aromatic carbocycles. The van der Waals surface area contributed by atoms with Gasteiger partial charge in [-0.15, -0.1) is 11.8 Å². The summed E-state index contributed by atoms with van der Waals surface area (Å²) in [6, 6.07) is 14.9. The Morgan fingerprint density at radius 2 is 1.67 bits per heavy atom. The molecule has 6 nitrogen and oxygen atoms in total. The molecule has 0 aliphatic rings. The Kier molecular flexibility index (Phi) is 8.47.